The first kappa shape index (κ1) is 52.4. The maximum Gasteiger partial charge on any atom is 0.697 e. The van der Waals surface area contributed by atoms with Crippen LogP contribution in [0.2, 0.25) is 0 Å². The molecule has 52 heavy (non-hydrogen) atoms. The van der Waals surface area contributed by atoms with Crippen LogP contribution in [0, 0.1) is 0 Å². The monoisotopic (exact) mass is 784 g/mol. The number of carbonyl (C=O) groups is 5. The van der Waals surface area contributed by atoms with Crippen molar-refractivity contribution >= 4 is 46.3 Å². The zero-order chi connectivity index (χ0) is 40.3. The van der Waals surface area contributed by atoms with E-state index in [1.54, 1.807) is 38.2 Å². The van der Waals surface area contributed by atoms with Crippen molar-refractivity contribution in [1.82, 2.24) is 21.3 Å². The molecule has 4 amide bonds. The standard InChI is InChI=1S/2C13H20NO6P.C5H12N2O3/c2*1-5-7-13(20-11(4)16)12(14-10(3)15)9-19-21(17)18-8-6-2;8-3-1-6-5(10)7-2-4-9/h2*5-7,12-13H,2,8-9H2,1,3-4H3;8-9H,1-4H2,(H2,6,7,10)/p+2/b2*7-5+;/t2*12-,13+;/m00./s1. The van der Waals surface area contributed by atoms with E-state index in [2.05, 4.69) is 34.4 Å². The molecule has 0 saturated carbocycles. The summed E-state index contributed by atoms with van der Waals surface area (Å²) in [5, 5.41) is 26.4. The molecule has 21 heteroatoms. The largest absolute Gasteiger partial charge is 0.697 e. The molecule has 0 aliphatic heterocycles. The fraction of sp³-hybridized carbons (Fsp3) is 0.581. The number of allylic oxidation sites excluding steroid dienone is 2. The molecular weight excluding hydrogens is 730 g/mol. The number of hydrogen-bond acceptors (Lipinski definition) is 15. The van der Waals surface area contributed by atoms with Crippen LogP contribution < -0.4 is 21.3 Å². The number of hydrogen-bond donors (Lipinski definition) is 6. The van der Waals surface area contributed by atoms with Gasteiger partial charge in [0.15, 0.2) is 0 Å². The van der Waals surface area contributed by atoms with Gasteiger partial charge in [0, 0.05) is 49.9 Å². The topological polar surface area (TPSA) is 263 Å². The van der Waals surface area contributed by atoms with Gasteiger partial charge in [-0.3, -0.25) is 19.2 Å². The minimum absolute atomic E-state index is 0.0768. The molecule has 19 nitrogen and oxygen atoms in total. The Morgan fingerprint density at radius 1 is 0.654 bits per heavy atom. The minimum atomic E-state index is -2.34. The highest BCUT2D eigenvalue weighted by atomic mass is 31.1. The number of ether oxygens (including phenoxy) is 2. The van der Waals surface area contributed by atoms with Gasteiger partial charge in [0.05, 0.1) is 25.3 Å². The van der Waals surface area contributed by atoms with E-state index in [1.165, 1.54) is 39.8 Å². The van der Waals surface area contributed by atoms with Gasteiger partial charge in [-0.1, -0.05) is 24.3 Å². The summed E-state index contributed by atoms with van der Waals surface area (Å²) in [6.07, 6.45) is 7.98. The Labute approximate surface area is 306 Å². The van der Waals surface area contributed by atoms with Crippen LogP contribution in [0.1, 0.15) is 41.5 Å². The lowest BCUT2D eigenvalue weighted by atomic mass is 10.1. The van der Waals surface area contributed by atoms with Crippen molar-refractivity contribution in [1.29, 1.82) is 0 Å². The molecule has 0 saturated heterocycles. The molecule has 0 aliphatic carbocycles. The summed E-state index contributed by atoms with van der Waals surface area (Å²) in [6.45, 7) is 15.7. The van der Waals surface area contributed by atoms with E-state index < -0.39 is 52.7 Å². The maximum atomic E-state index is 11.4. The minimum Gasteiger partial charge on any atom is -0.456 e. The third-order valence-electron chi connectivity index (χ3n) is 5.05. The Bertz CT molecular complexity index is 1090. The second-order valence-electron chi connectivity index (χ2n) is 9.65. The van der Waals surface area contributed by atoms with E-state index in [-0.39, 0.29) is 70.6 Å². The highest BCUT2D eigenvalue weighted by Gasteiger charge is 2.30. The molecular formula is C31H54N4O15P2+2. The molecule has 2 unspecified atom stereocenters. The number of carbonyl (C=O) groups excluding carboxylic acids is 5. The Morgan fingerprint density at radius 2 is 1.00 bits per heavy atom. The quantitative estimate of drug-likeness (QED) is 0.0465. The van der Waals surface area contributed by atoms with E-state index in [4.69, 9.17) is 37.8 Å². The zero-order valence-corrected chi connectivity index (χ0v) is 32.2. The summed E-state index contributed by atoms with van der Waals surface area (Å²) in [5.41, 5.74) is 0. The number of aliphatic hydroxyl groups excluding tert-OH is 2. The van der Waals surface area contributed by atoms with Crippen LogP contribution in [0.25, 0.3) is 0 Å². The summed E-state index contributed by atoms with van der Waals surface area (Å²) in [5.74, 6) is -1.65. The molecule has 0 aliphatic rings. The van der Waals surface area contributed by atoms with Crippen LogP contribution in [0.3, 0.4) is 0 Å². The number of esters is 2. The molecule has 296 valence electrons. The Hall–Kier alpha value is -3.93. The van der Waals surface area contributed by atoms with E-state index in [0.717, 1.165) is 0 Å². The van der Waals surface area contributed by atoms with Crippen molar-refractivity contribution in [2.45, 2.75) is 65.8 Å². The van der Waals surface area contributed by atoms with Gasteiger partial charge in [0.25, 0.3) is 0 Å². The predicted molar refractivity (Wildman–Crippen MR) is 191 cm³/mol. The molecule has 0 radical (unpaired) electrons. The van der Waals surface area contributed by atoms with Crippen molar-refractivity contribution < 1.29 is 70.9 Å². The van der Waals surface area contributed by atoms with Crippen LogP contribution in [-0.4, -0.2) is 117 Å². The summed E-state index contributed by atoms with van der Waals surface area (Å²) >= 11 is 0. The number of amides is 4. The normalized spacial score (nSPS) is 13.3. The molecule has 6 N–H and O–H groups in total. The third kappa shape index (κ3) is 34.5. The first-order chi connectivity index (χ1) is 24.6. The number of rotatable bonds is 24. The average Bonchev–Trinajstić information content (AvgIpc) is 3.07. The molecule has 0 rings (SSSR count). The molecule has 6 atom stereocenters. The Kier molecular flexibility index (Phi) is 35.8. The summed E-state index contributed by atoms with van der Waals surface area (Å²) in [7, 11) is -4.67. The predicted octanol–water partition coefficient (Wildman–Crippen LogP) is 2.02. The van der Waals surface area contributed by atoms with Crippen LogP contribution in [0.15, 0.2) is 49.6 Å². The van der Waals surface area contributed by atoms with Gasteiger partial charge in [-0.2, -0.15) is 0 Å². The SMILES string of the molecule is C=CCO[P+](=O)OC[C@H](NC(C)=O)[C@@H](/C=C/C)OC(C)=O.C=CCO[P+](=O)OC[C@H](NC(C)=O)[C@@H](/C=C/C)OC(C)=O.O=C(NCCO)NCCO. The lowest BCUT2D eigenvalue weighted by molar-refractivity contribution is -0.147. The summed E-state index contributed by atoms with van der Waals surface area (Å²) < 4.78 is 52.6. The van der Waals surface area contributed by atoms with Gasteiger partial charge in [0.1, 0.15) is 38.6 Å². The van der Waals surface area contributed by atoms with Crippen LogP contribution in [0.4, 0.5) is 4.79 Å². The molecule has 0 bridgehead atoms. The van der Waals surface area contributed by atoms with E-state index >= 15 is 0 Å². The molecule has 0 fully saturated rings. The average molecular weight is 785 g/mol. The summed E-state index contributed by atoms with van der Waals surface area (Å²) in [6, 6.07) is -1.72. The number of nitrogens with one attached hydrogen (secondary N) is 4. The van der Waals surface area contributed by atoms with Gasteiger partial charge < -0.3 is 41.0 Å². The summed E-state index contributed by atoms with van der Waals surface area (Å²) in [4.78, 5) is 55.1. The van der Waals surface area contributed by atoms with Crippen LogP contribution in [-0.2, 0) is 55.9 Å². The van der Waals surface area contributed by atoms with Gasteiger partial charge in [-0.25, -0.2) is 4.79 Å². The second kappa shape index (κ2) is 35.5. The van der Waals surface area contributed by atoms with Crippen molar-refractivity contribution in [3.8, 4) is 0 Å². The maximum absolute atomic E-state index is 11.4. The van der Waals surface area contributed by atoms with E-state index in [9.17, 15) is 33.1 Å². The van der Waals surface area contributed by atoms with Crippen molar-refractivity contribution in [3.63, 3.8) is 0 Å². The second-order valence-corrected chi connectivity index (χ2v) is 11.6. The Morgan fingerprint density at radius 3 is 1.25 bits per heavy atom. The van der Waals surface area contributed by atoms with Gasteiger partial charge in [0.2, 0.25) is 11.8 Å². The van der Waals surface area contributed by atoms with Gasteiger partial charge in [-0.05, 0) is 26.0 Å². The smallest absolute Gasteiger partial charge is 0.456 e. The van der Waals surface area contributed by atoms with Crippen molar-refractivity contribution in [2.24, 2.45) is 0 Å². The lowest BCUT2D eigenvalue weighted by Gasteiger charge is -2.22. The van der Waals surface area contributed by atoms with Crippen molar-refractivity contribution in [2.75, 3.05) is 52.7 Å². The fourth-order valence-electron chi connectivity index (χ4n) is 3.22. The molecule has 0 spiro atoms. The third-order valence-corrected chi connectivity index (χ3v) is 6.49. The molecule has 0 heterocycles. The van der Waals surface area contributed by atoms with Gasteiger partial charge in [-0.15, -0.1) is 31.3 Å². The lowest BCUT2D eigenvalue weighted by Crippen LogP contribution is -2.46. The Balaban J connectivity index is -0.000000737. The van der Waals surface area contributed by atoms with E-state index in [1.807, 2.05) is 0 Å². The van der Waals surface area contributed by atoms with Crippen LogP contribution in [0.5, 0.6) is 0 Å². The highest BCUT2D eigenvalue weighted by molar-refractivity contribution is 7.33. The first-order valence-electron chi connectivity index (χ1n) is 15.7. The molecule has 0 aromatic carbocycles. The number of aliphatic hydroxyl groups is 2. The van der Waals surface area contributed by atoms with Crippen LogP contribution >= 0.6 is 16.5 Å². The fourth-order valence-corrected chi connectivity index (χ4v) is 4.39. The van der Waals surface area contributed by atoms with E-state index in [0.29, 0.717) is 0 Å². The highest BCUT2D eigenvalue weighted by Crippen LogP contribution is 2.25. The number of urea groups is 1. The van der Waals surface area contributed by atoms with Crippen molar-refractivity contribution in [3.05, 3.63) is 49.6 Å². The van der Waals surface area contributed by atoms with Gasteiger partial charge >= 0.3 is 34.5 Å². The zero-order valence-electron chi connectivity index (χ0n) is 30.4. The first-order valence-corrected chi connectivity index (χ1v) is 17.9. The molecule has 0 aromatic heterocycles. The molecule has 0 aromatic rings.